The van der Waals surface area contributed by atoms with Crippen molar-refractivity contribution in [1.29, 1.82) is 0 Å². The quantitative estimate of drug-likeness (QED) is 0.0331. The highest BCUT2D eigenvalue weighted by atomic mass is 32.1. The first-order chi connectivity index (χ1) is 31.2. The number of ether oxygens (including phenoxy) is 5. The van der Waals surface area contributed by atoms with Crippen molar-refractivity contribution in [2.75, 3.05) is 65.9 Å². The van der Waals surface area contributed by atoms with E-state index >= 15 is 0 Å². The Morgan fingerprint density at radius 1 is 0.766 bits per heavy atom. The van der Waals surface area contributed by atoms with Crippen molar-refractivity contribution in [3.8, 4) is 17.2 Å². The van der Waals surface area contributed by atoms with Gasteiger partial charge in [0.15, 0.2) is 0 Å². The summed E-state index contributed by atoms with van der Waals surface area (Å²) in [6, 6.07) is 32.4. The van der Waals surface area contributed by atoms with Gasteiger partial charge in [0.1, 0.15) is 47.8 Å². The summed E-state index contributed by atoms with van der Waals surface area (Å²) >= 11 is 1.43. The first-order valence-electron chi connectivity index (χ1n) is 22.0. The third kappa shape index (κ3) is 14.1. The molecule has 338 valence electrons. The van der Waals surface area contributed by atoms with Gasteiger partial charge in [0.05, 0.1) is 45.6 Å². The standard InChI is InChI=1S/C51H59N3O9S/c1-4-44(37-10-6-5-7-11-37)49(38-15-19-41(55)20-16-38)39-17-21-42(22-18-39)62-25-23-52-47(56)34-61-29-28-59-26-27-60-30-31-63-43-13-8-12-40(33-43)50(58)45-35-64-51(53-45)46-14-9-24-54(46)48(57)32-36(2)3/h5-8,10-13,15-22,33,35-36,46,55H,4,9,14,23-32,34H2,1-3H3,(H,52,56)/b49-44-/t46-/m0/s1. The zero-order valence-corrected chi connectivity index (χ0v) is 37.8. The van der Waals surface area contributed by atoms with Crippen LogP contribution < -0.4 is 14.8 Å². The van der Waals surface area contributed by atoms with Crippen LogP contribution in [-0.4, -0.2) is 98.5 Å². The number of phenolic OH excluding ortho intramolecular Hbond substituents is 1. The van der Waals surface area contributed by atoms with Crippen molar-refractivity contribution in [3.63, 3.8) is 0 Å². The first kappa shape index (κ1) is 47.6. The monoisotopic (exact) mass is 889 g/mol. The van der Waals surface area contributed by atoms with E-state index in [1.165, 1.54) is 16.9 Å². The summed E-state index contributed by atoms with van der Waals surface area (Å²) in [5.74, 6) is 1.47. The van der Waals surface area contributed by atoms with E-state index in [4.69, 9.17) is 23.7 Å². The average molecular weight is 890 g/mol. The highest BCUT2D eigenvalue weighted by molar-refractivity contribution is 7.10. The molecule has 0 unspecified atom stereocenters. The lowest BCUT2D eigenvalue weighted by Gasteiger charge is -2.24. The van der Waals surface area contributed by atoms with Gasteiger partial charge >= 0.3 is 0 Å². The third-order valence-electron chi connectivity index (χ3n) is 10.5. The number of hydrogen-bond donors (Lipinski definition) is 2. The molecular formula is C51H59N3O9S. The summed E-state index contributed by atoms with van der Waals surface area (Å²) in [5, 5.41) is 15.3. The van der Waals surface area contributed by atoms with E-state index in [1.807, 2.05) is 73.3 Å². The second kappa shape index (κ2) is 24.8. The lowest BCUT2D eigenvalue weighted by Crippen LogP contribution is -2.31. The van der Waals surface area contributed by atoms with E-state index < -0.39 is 0 Å². The third-order valence-corrected chi connectivity index (χ3v) is 11.5. The first-order valence-corrected chi connectivity index (χ1v) is 22.9. The molecule has 0 spiro atoms. The number of hydrogen-bond acceptors (Lipinski definition) is 11. The average Bonchev–Trinajstić information content (AvgIpc) is 4.01. The van der Waals surface area contributed by atoms with Gasteiger partial charge < -0.3 is 39.0 Å². The van der Waals surface area contributed by atoms with Gasteiger partial charge in [-0.1, -0.05) is 87.5 Å². The molecule has 2 N–H and O–H groups in total. The fourth-order valence-electron chi connectivity index (χ4n) is 7.47. The molecule has 0 bridgehead atoms. The summed E-state index contributed by atoms with van der Waals surface area (Å²) in [7, 11) is 0. The van der Waals surface area contributed by atoms with Crippen LogP contribution in [0.2, 0.25) is 0 Å². The molecule has 2 heterocycles. The normalized spacial score (nSPS) is 14.1. The largest absolute Gasteiger partial charge is 0.508 e. The summed E-state index contributed by atoms with van der Waals surface area (Å²) in [4.78, 5) is 44.9. The molecule has 64 heavy (non-hydrogen) atoms. The Morgan fingerprint density at radius 2 is 1.42 bits per heavy atom. The van der Waals surface area contributed by atoms with Crippen LogP contribution in [0.15, 0.2) is 109 Å². The minimum atomic E-state index is -0.242. The van der Waals surface area contributed by atoms with E-state index in [0.29, 0.717) is 81.3 Å². The maximum absolute atomic E-state index is 13.3. The van der Waals surface area contributed by atoms with Crippen molar-refractivity contribution in [2.24, 2.45) is 5.92 Å². The molecular weight excluding hydrogens is 831 g/mol. The van der Waals surface area contributed by atoms with Gasteiger partial charge in [-0.2, -0.15) is 0 Å². The van der Waals surface area contributed by atoms with Crippen LogP contribution in [0, 0.1) is 5.92 Å². The summed E-state index contributed by atoms with van der Waals surface area (Å²) in [6.45, 7) is 9.43. The Labute approximate surface area is 380 Å². The van der Waals surface area contributed by atoms with Gasteiger partial charge in [0.2, 0.25) is 17.6 Å². The van der Waals surface area contributed by atoms with Crippen molar-refractivity contribution in [3.05, 3.63) is 141 Å². The number of nitrogens with zero attached hydrogens (tertiary/aromatic N) is 2. The smallest absolute Gasteiger partial charge is 0.246 e. The van der Waals surface area contributed by atoms with Gasteiger partial charge in [-0.05, 0) is 89.4 Å². The fourth-order valence-corrected chi connectivity index (χ4v) is 8.41. The molecule has 0 radical (unpaired) electrons. The van der Waals surface area contributed by atoms with Crippen LogP contribution in [0.1, 0.15) is 90.2 Å². The fraction of sp³-hybridized carbons (Fsp3) is 0.373. The minimum absolute atomic E-state index is 0.0710. The minimum Gasteiger partial charge on any atom is -0.508 e. The van der Waals surface area contributed by atoms with Gasteiger partial charge in [0.25, 0.3) is 0 Å². The highest BCUT2D eigenvalue weighted by Gasteiger charge is 2.32. The number of ketones is 1. The number of nitrogens with one attached hydrogen (secondary N) is 1. The lowest BCUT2D eigenvalue weighted by atomic mass is 9.88. The van der Waals surface area contributed by atoms with E-state index in [1.54, 1.807) is 41.8 Å². The molecule has 0 aliphatic carbocycles. The lowest BCUT2D eigenvalue weighted by molar-refractivity contribution is -0.133. The van der Waals surface area contributed by atoms with Crippen LogP contribution in [0.25, 0.3) is 11.1 Å². The van der Waals surface area contributed by atoms with E-state index in [9.17, 15) is 19.5 Å². The number of amides is 2. The molecule has 0 saturated carbocycles. The molecule has 1 fully saturated rings. The molecule has 5 aromatic rings. The second-order valence-electron chi connectivity index (χ2n) is 15.7. The number of thiazole rings is 1. The second-order valence-corrected chi connectivity index (χ2v) is 16.6. The van der Waals surface area contributed by atoms with Gasteiger partial charge in [-0.15, -0.1) is 11.3 Å². The predicted octanol–water partition coefficient (Wildman–Crippen LogP) is 8.78. The van der Waals surface area contributed by atoms with Crippen molar-refractivity contribution in [1.82, 2.24) is 15.2 Å². The van der Waals surface area contributed by atoms with Gasteiger partial charge in [-0.25, -0.2) is 4.98 Å². The Bertz CT molecular complexity index is 2280. The molecule has 13 heteroatoms. The number of phenols is 1. The molecule has 1 aliphatic heterocycles. The topological polar surface area (TPSA) is 146 Å². The number of carbonyl (C=O) groups is 3. The summed E-state index contributed by atoms with van der Waals surface area (Å²) in [6.07, 6.45) is 3.13. The van der Waals surface area contributed by atoms with Gasteiger partial charge in [-0.3, -0.25) is 14.4 Å². The SMILES string of the molecule is CC/C(=C(\c1ccc(O)cc1)c1ccc(OCCNC(=O)COCCOCCOCCOc2cccc(C(=O)c3csc([C@@H]4CCCN4C(=O)CC(C)C)n3)c2)cc1)c1ccccc1. The van der Waals surface area contributed by atoms with E-state index in [-0.39, 0.29) is 42.6 Å². The van der Waals surface area contributed by atoms with Crippen LogP contribution in [-0.2, 0) is 23.8 Å². The molecule has 1 saturated heterocycles. The Hall–Kier alpha value is -5.86. The van der Waals surface area contributed by atoms with Crippen LogP contribution in [0.3, 0.4) is 0 Å². The number of carbonyl (C=O) groups excluding carboxylic acids is 3. The Kier molecular flexibility index (Phi) is 18.5. The summed E-state index contributed by atoms with van der Waals surface area (Å²) < 4.78 is 28.4. The Balaban J connectivity index is 0.808. The molecule has 1 aliphatic rings. The van der Waals surface area contributed by atoms with E-state index in [2.05, 4.69) is 29.4 Å². The van der Waals surface area contributed by atoms with Crippen molar-refractivity contribution < 1.29 is 43.2 Å². The van der Waals surface area contributed by atoms with Crippen LogP contribution in [0.4, 0.5) is 0 Å². The van der Waals surface area contributed by atoms with Gasteiger partial charge in [0, 0.05) is 23.9 Å². The van der Waals surface area contributed by atoms with Crippen molar-refractivity contribution >= 4 is 40.1 Å². The molecule has 1 aromatic heterocycles. The number of rotatable bonds is 25. The maximum atomic E-state index is 13.3. The molecule has 12 nitrogen and oxygen atoms in total. The Morgan fingerprint density at radius 3 is 2.12 bits per heavy atom. The molecule has 6 rings (SSSR count). The number of benzene rings is 4. The van der Waals surface area contributed by atoms with Crippen LogP contribution in [0.5, 0.6) is 17.2 Å². The molecule has 4 aromatic carbocycles. The maximum Gasteiger partial charge on any atom is 0.246 e. The zero-order chi connectivity index (χ0) is 45.1. The molecule has 2 amide bonds. The number of aromatic hydroxyl groups is 1. The number of aromatic nitrogens is 1. The zero-order valence-electron chi connectivity index (χ0n) is 37.0. The summed E-state index contributed by atoms with van der Waals surface area (Å²) in [5.41, 5.74) is 6.34. The van der Waals surface area contributed by atoms with Crippen LogP contribution >= 0.6 is 11.3 Å². The van der Waals surface area contributed by atoms with Crippen molar-refractivity contribution in [2.45, 2.75) is 52.5 Å². The number of allylic oxidation sites excluding steroid dienone is 1. The predicted molar refractivity (Wildman–Crippen MR) is 249 cm³/mol. The number of likely N-dealkylation sites (tertiary alicyclic amines) is 1. The van der Waals surface area contributed by atoms with E-state index in [0.717, 1.165) is 53.1 Å². The highest BCUT2D eigenvalue weighted by Crippen LogP contribution is 2.37. The molecule has 1 atom stereocenters.